The van der Waals surface area contributed by atoms with E-state index in [9.17, 15) is 19.7 Å². The summed E-state index contributed by atoms with van der Waals surface area (Å²) < 4.78 is 0. The van der Waals surface area contributed by atoms with Gasteiger partial charge in [0.25, 0.3) is 5.69 Å². The largest absolute Gasteiger partial charge is 0.298 e. The lowest BCUT2D eigenvalue weighted by atomic mass is 10.1. The average Bonchev–Trinajstić information content (AvgIpc) is 2.66. The molecule has 0 aromatic heterocycles. The summed E-state index contributed by atoms with van der Waals surface area (Å²) in [4.78, 5) is 33.8. The third-order valence-electron chi connectivity index (χ3n) is 3.27. The van der Waals surface area contributed by atoms with Crippen molar-refractivity contribution in [2.45, 2.75) is 6.42 Å². The maximum atomic E-state index is 11.8. The Kier molecular flexibility index (Phi) is 7.15. The van der Waals surface area contributed by atoms with E-state index in [1.54, 1.807) is 6.07 Å². The molecule has 27 heavy (non-hydrogen) atoms. The van der Waals surface area contributed by atoms with Gasteiger partial charge in [0.15, 0.2) is 5.11 Å². The number of carbonyl (C=O) groups is 2. The van der Waals surface area contributed by atoms with Gasteiger partial charge in [0, 0.05) is 18.2 Å². The fourth-order valence-corrected chi connectivity index (χ4v) is 2.20. The average molecular weight is 384 g/mol. The third kappa shape index (κ3) is 7.04. The summed E-state index contributed by atoms with van der Waals surface area (Å²) in [6, 6.07) is 15.0. The molecule has 0 bridgehead atoms. The second-order valence-electron chi connectivity index (χ2n) is 5.34. The zero-order chi connectivity index (χ0) is 19.6. The van der Waals surface area contributed by atoms with Crippen LogP contribution in [-0.2, 0) is 16.0 Å². The van der Waals surface area contributed by atoms with Crippen molar-refractivity contribution in [3.05, 3.63) is 81.9 Å². The minimum atomic E-state index is -0.545. The van der Waals surface area contributed by atoms with E-state index in [-0.39, 0.29) is 23.1 Å². The Morgan fingerprint density at radius 3 is 2.52 bits per heavy atom. The maximum Gasteiger partial charge on any atom is 0.270 e. The Labute approximate surface area is 160 Å². The lowest BCUT2D eigenvalue weighted by molar-refractivity contribution is -0.384. The topological polar surface area (TPSA) is 113 Å². The number of nitro benzene ring substituents is 1. The van der Waals surface area contributed by atoms with Gasteiger partial charge in [-0.2, -0.15) is 0 Å². The molecule has 2 rings (SSSR count). The van der Waals surface area contributed by atoms with Gasteiger partial charge >= 0.3 is 0 Å². The number of hydrogen-bond acceptors (Lipinski definition) is 5. The zero-order valence-electron chi connectivity index (χ0n) is 14.0. The van der Waals surface area contributed by atoms with Crippen LogP contribution in [0.25, 0.3) is 6.08 Å². The predicted molar refractivity (Wildman–Crippen MR) is 104 cm³/mol. The number of benzene rings is 2. The second kappa shape index (κ2) is 9.78. The van der Waals surface area contributed by atoms with Crippen molar-refractivity contribution in [2.24, 2.45) is 0 Å². The van der Waals surface area contributed by atoms with Crippen molar-refractivity contribution in [3.8, 4) is 0 Å². The number of hydrazine groups is 1. The van der Waals surface area contributed by atoms with Crippen LogP contribution in [0.3, 0.4) is 0 Å². The Hall–Kier alpha value is -3.59. The lowest BCUT2D eigenvalue weighted by Gasteiger charge is -2.09. The Morgan fingerprint density at radius 2 is 1.81 bits per heavy atom. The quantitative estimate of drug-likeness (QED) is 0.314. The third-order valence-corrected chi connectivity index (χ3v) is 3.47. The van der Waals surface area contributed by atoms with Gasteiger partial charge in [0.05, 0.1) is 11.3 Å². The molecular formula is C18H16N4O4S. The molecular weight excluding hydrogens is 368 g/mol. The minimum absolute atomic E-state index is 0.0733. The van der Waals surface area contributed by atoms with Crippen LogP contribution in [0.2, 0.25) is 0 Å². The van der Waals surface area contributed by atoms with Gasteiger partial charge in [-0.15, -0.1) is 0 Å². The number of nitrogens with zero attached hydrogens (tertiary/aromatic N) is 1. The molecule has 0 saturated heterocycles. The highest BCUT2D eigenvalue weighted by molar-refractivity contribution is 7.80. The molecule has 0 radical (unpaired) electrons. The molecule has 0 spiro atoms. The molecule has 2 aromatic rings. The van der Waals surface area contributed by atoms with E-state index >= 15 is 0 Å². The SMILES string of the molecule is O=C(/C=C/c1cccc([N+](=O)[O-])c1)NC(=S)NNC(=O)Cc1ccccc1. The molecule has 0 heterocycles. The monoisotopic (exact) mass is 384 g/mol. The van der Waals surface area contributed by atoms with Crippen molar-refractivity contribution in [3.63, 3.8) is 0 Å². The van der Waals surface area contributed by atoms with Crippen LogP contribution in [0.5, 0.6) is 0 Å². The first-order valence-corrected chi connectivity index (χ1v) is 8.21. The molecule has 0 aliphatic carbocycles. The Bertz CT molecular complexity index is 884. The number of carbonyl (C=O) groups excluding carboxylic acids is 2. The van der Waals surface area contributed by atoms with Crippen molar-refractivity contribution in [2.75, 3.05) is 0 Å². The van der Waals surface area contributed by atoms with Crippen LogP contribution in [0.4, 0.5) is 5.69 Å². The van der Waals surface area contributed by atoms with Crippen LogP contribution in [0.1, 0.15) is 11.1 Å². The molecule has 0 fully saturated rings. The smallest absolute Gasteiger partial charge is 0.270 e. The fourth-order valence-electron chi connectivity index (χ4n) is 2.05. The highest BCUT2D eigenvalue weighted by Crippen LogP contribution is 2.13. The molecule has 0 aliphatic heterocycles. The molecule has 138 valence electrons. The minimum Gasteiger partial charge on any atom is -0.298 e. The standard InChI is InChI=1S/C18H16N4O4S/c23-16(10-9-14-7-4-8-15(11-14)22(25)26)19-18(27)21-20-17(24)12-13-5-2-1-3-6-13/h1-11H,12H2,(H,20,24)(H2,19,21,23,27)/b10-9+. The molecule has 0 unspecified atom stereocenters. The molecule has 0 aliphatic rings. The number of hydrogen-bond donors (Lipinski definition) is 3. The number of thiocarbonyl (C=S) groups is 1. The summed E-state index contributed by atoms with van der Waals surface area (Å²) in [6.45, 7) is 0. The second-order valence-corrected chi connectivity index (χ2v) is 5.75. The van der Waals surface area contributed by atoms with Gasteiger partial charge in [0.1, 0.15) is 0 Å². The van der Waals surface area contributed by atoms with Crippen LogP contribution < -0.4 is 16.2 Å². The summed E-state index contributed by atoms with van der Waals surface area (Å²) in [5.41, 5.74) is 6.08. The van der Waals surface area contributed by atoms with Crippen molar-refractivity contribution < 1.29 is 14.5 Å². The first-order valence-electron chi connectivity index (χ1n) is 7.80. The van der Waals surface area contributed by atoms with Gasteiger partial charge in [0.2, 0.25) is 11.8 Å². The first-order chi connectivity index (χ1) is 12.9. The summed E-state index contributed by atoms with van der Waals surface area (Å²) in [6.07, 6.45) is 2.76. The highest BCUT2D eigenvalue weighted by Gasteiger charge is 2.06. The Balaban J connectivity index is 1.78. The van der Waals surface area contributed by atoms with Crippen LogP contribution in [0, 0.1) is 10.1 Å². The highest BCUT2D eigenvalue weighted by atomic mass is 32.1. The van der Waals surface area contributed by atoms with E-state index in [1.165, 1.54) is 30.4 Å². The summed E-state index contributed by atoms with van der Waals surface area (Å²) in [7, 11) is 0. The van der Waals surface area contributed by atoms with E-state index in [0.717, 1.165) is 5.56 Å². The van der Waals surface area contributed by atoms with Crippen LogP contribution in [0.15, 0.2) is 60.7 Å². The molecule has 9 heteroatoms. The number of nitrogens with one attached hydrogen (secondary N) is 3. The molecule has 2 amide bonds. The summed E-state index contributed by atoms with van der Waals surface area (Å²) >= 11 is 4.92. The van der Waals surface area contributed by atoms with E-state index in [1.807, 2.05) is 30.3 Å². The van der Waals surface area contributed by atoms with E-state index in [4.69, 9.17) is 12.2 Å². The number of rotatable bonds is 5. The number of non-ortho nitro benzene ring substituents is 1. The van der Waals surface area contributed by atoms with E-state index in [0.29, 0.717) is 5.56 Å². The summed E-state index contributed by atoms with van der Waals surface area (Å²) in [5, 5.41) is 13.0. The van der Waals surface area contributed by atoms with Crippen LogP contribution >= 0.6 is 12.2 Å². The first kappa shape index (κ1) is 19.7. The van der Waals surface area contributed by atoms with Gasteiger partial charge in [-0.1, -0.05) is 42.5 Å². The number of amides is 2. The Morgan fingerprint density at radius 1 is 1.07 bits per heavy atom. The van der Waals surface area contributed by atoms with Gasteiger partial charge in [-0.05, 0) is 29.4 Å². The van der Waals surface area contributed by atoms with Crippen molar-refractivity contribution in [1.29, 1.82) is 0 Å². The summed E-state index contributed by atoms with van der Waals surface area (Å²) in [5.74, 6) is -0.860. The van der Waals surface area contributed by atoms with E-state index in [2.05, 4.69) is 16.2 Å². The van der Waals surface area contributed by atoms with E-state index < -0.39 is 10.8 Å². The molecule has 0 atom stereocenters. The zero-order valence-corrected chi connectivity index (χ0v) is 14.9. The molecule has 2 aromatic carbocycles. The molecule has 8 nitrogen and oxygen atoms in total. The van der Waals surface area contributed by atoms with Gasteiger partial charge < -0.3 is 0 Å². The molecule has 3 N–H and O–H groups in total. The van der Waals surface area contributed by atoms with Gasteiger partial charge in [-0.3, -0.25) is 35.9 Å². The number of nitro groups is 1. The van der Waals surface area contributed by atoms with Crippen molar-refractivity contribution in [1.82, 2.24) is 16.2 Å². The maximum absolute atomic E-state index is 11.8. The van der Waals surface area contributed by atoms with Gasteiger partial charge in [-0.25, -0.2) is 0 Å². The predicted octanol–water partition coefficient (Wildman–Crippen LogP) is 1.87. The fraction of sp³-hybridized carbons (Fsp3) is 0.0556. The van der Waals surface area contributed by atoms with Crippen molar-refractivity contribution >= 4 is 40.9 Å². The molecule has 0 saturated carbocycles. The van der Waals surface area contributed by atoms with Crippen LogP contribution in [-0.4, -0.2) is 21.9 Å². The normalized spacial score (nSPS) is 10.2. The lowest BCUT2D eigenvalue weighted by Crippen LogP contribution is -2.48.